The third-order valence-electron chi connectivity index (χ3n) is 3.34. The number of unbranched alkanes of at least 4 members (excludes halogenated alkanes) is 1. The predicted octanol–water partition coefficient (Wildman–Crippen LogP) is -2.82. The number of nitrogens with two attached hydrogens (primary N) is 4. The van der Waals surface area contributed by atoms with Crippen LogP contribution >= 0.6 is 0 Å². The van der Waals surface area contributed by atoms with Crippen LogP contribution in [0.3, 0.4) is 0 Å². The van der Waals surface area contributed by atoms with Crippen LogP contribution in [0, 0.1) is 0 Å². The molecular formula is C14H29CuN7O4. The number of amides is 2. The van der Waals surface area contributed by atoms with Gasteiger partial charge in [0.15, 0.2) is 5.96 Å². The fraction of sp³-hybridized carbons (Fsp3) is 0.714. The van der Waals surface area contributed by atoms with Gasteiger partial charge in [-0.25, -0.2) is 4.79 Å². The molecule has 1 radical (unpaired) electrons. The maximum atomic E-state index is 12.3. The van der Waals surface area contributed by atoms with Crippen LogP contribution in [-0.2, 0) is 31.5 Å². The van der Waals surface area contributed by atoms with Gasteiger partial charge < -0.3 is 38.7 Å². The molecule has 0 saturated heterocycles. The average molecular weight is 423 g/mol. The first-order chi connectivity index (χ1) is 11.8. The van der Waals surface area contributed by atoms with Crippen LogP contribution < -0.4 is 33.6 Å². The summed E-state index contributed by atoms with van der Waals surface area (Å²) in [6.45, 7) is 0.445. The van der Waals surface area contributed by atoms with E-state index < -0.39 is 29.9 Å². The van der Waals surface area contributed by atoms with Crippen molar-refractivity contribution in [2.24, 2.45) is 27.9 Å². The Hall–Kier alpha value is -1.88. The van der Waals surface area contributed by atoms with Crippen molar-refractivity contribution >= 4 is 23.7 Å². The summed E-state index contributed by atoms with van der Waals surface area (Å²) in [7, 11) is 0. The van der Waals surface area contributed by atoms with Gasteiger partial charge in [0.25, 0.3) is 0 Å². The smallest absolute Gasteiger partial charge is 0.326 e. The molecule has 0 bridgehead atoms. The number of nitrogens with one attached hydrogen (secondary N) is 2. The van der Waals surface area contributed by atoms with E-state index in [2.05, 4.69) is 15.6 Å². The van der Waals surface area contributed by atoms with Crippen LogP contribution in [0.4, 0.5) is 0 Å². The number of nitrogens with zero attached hydrogens (tertiary/aromatic N) is 1. The molecule has 2 amide bonds. The van der Waals surface area contributed by atoms with E-state index in [1.807, 2.05) is 0 Å². The number of hydrogen-bond donors (Lipinski definition) is 7. The van der Waals surface area contributed by atoms with Gasteiger partial charge in [-0.3, -0.25) is 14.6 Å². The molecule has 0 fully saturated rings. The second-order valence-corrected chi connectivity index (χ2v) is 5.46. The molecule has 0 aliphatic carbocycles. The van der Waals surface area contributed by atoms with Gasteiger partial charge in [0, 0.05) is 23.6 Å². The van der Waals surface area contributed by atoms with Crippen LogP contribution in [0.2, 0.25) is 0 Å². The summed E-state index contributed by atoms with van der Waals surface area (Å²) in [6.07, 6.45) is 2.14. The van der Waals surface area contributed by atoms with Gasteiger partial charge >= 0.3 is 5.97 Å². The average Bonchev–Trinajstić information content (AvgIpc) is 2.55. The molecule has 11 nitrogen and oxygen atoms in total. The standard InChI is InChI=1S/C14H29N7O4.Cu/c15-6-2-1-4-10(13(24)25)21-12(23)9(20-11(22)8-16)5-3-7-19-14(17)18;/h9-10H,1-8,15-16H2,(H,20,22)(H,21,23)(H,24,25)(H4,17,18,19);/t9-,10-;/m0./s1. The molecule has 0 rings (SSSR count). The molecule has 12 heteroatoms. The molecule has 155 valence electrons. The van der Waals surface area contributed by atoms with Gasteiger partial charge in [-0.1, -0.05) is 0 Å². The third kappa shape index (κ3) is 12.5. The first-order valence-corrected chi connectivity index (χ1v) is 8.09. The number of carbonyl (C=O) groups is 3. The molecule has 2 atom stereocenters. The molecule has 0 unspecified atom stereocenters. The van der Waals surface area contributed by atoms with E-state index in [1.54, 1.807) is 0 Å². The monoisotopic (exact) mass is 422 g/mol. The summed E-state index contributed by atoms with van der Waals surface area (Å²) in [5, 5.41) is 14.1. The van der Waals surface area contributed by atoms with Crippen molar-refractivity contribution in [3.05, 3.63) is 0 Å². The number of aliphatic imine (C=N–C) groups is 1. The second kappa shape index (κ2) is 15.4. The van der Waals surface area contributed by atoms with Crippen molar-refractivity contribution in [1.29, 1.82) is 0 Å². The van der Waals surface area contributed by atoms with E-state index in [0.717, 1.165) is 0 Å². The maximum Gasteiger partial charge on any atom is 0.326 e. The second-order valence-electron chi connectivity index (χ2n) is 5.46. The molecule has 0 aromatic heterocycles. The summed E-state index contributed by atoms with van der Waals surface area (Å²) < 4.78 is 0. The molecule has 0 saturated carbocycles. The minimum atomic E-state index is -1.14. The minimum absolute atomic E-state index is 0. The largest absolute Gasteiger partial charge is 0.480 e. The summed E-state index contributed by atoms with van der Waals surface area (Å²) in [6, 6.07) is -1.96. The van der Waals surface area contributed by atoms with Crippen molar-refractivity contribution in [2.75, 3.05) is 19.6 Å². The normalized spacial score (nSPS) is 12.2. The first kappa shape index (κ1) is 26.3. The molecule has 0 aromatic carbocycles. The van der Waals surface area contributed by atoms with Gasteiger partial charge in [-0.15, -0.1) is 0 Å². The van der Waals surface area contributed by atoms with Gasteiger partial charge in [-0.05, 0) is 38.6 Å². The zero-order chi connectivity index (χ0) is 19.2. The van der Waals surface area contributed by atoms with Crippen molar-refractivity contribution in [1.82, 2.24) is 10.6 Å². The molecule has 0 spiro atoms. The van der Waals surface area contributed by atoms with Crippen LogP contribution in [0.15, 0.2) is 4.99 Å². The molecule has 0 aromatic rings. The number of rotatable bonds is 13. The first-order valence-electron chi connectivity index (χ1n) is 8.09. The van der Waals surface area contributed by atoms with E-state index in [-0.39, 0.29) is 49.0 Å². The fourth-order valence-electron chi connectivity index (χ4n) is 2.05. The van der Waals surface area contributed by atoms with Gasteiger partial charge in [0.2, 0.25) is 11.8 Å². The number of hydrogen-bond acceptors (Lipinski definition) is 6. The van der Waals surface area contributed by atoms with Crippen LogP contribution in [-0.4, -0.2) is 60.6 Å². The van der Waals surface area contributed by atoms with Crippen molar-refractivity contribution < 1.29 is 36.6 Å². The number of guanidine groups is 1. The van der Waals surface area contributed by atoms with Crippen molar-refractivity contribution in [2.45, 2.75) is 44.2 Å². The fourth-order valence-corrected chi connectivity index (χ4v) is 2.05. The van der Waals surface area contributed by atoms with Crippen LogP contribution in [0.25, 0.3) is 0 Å². The van der Waals surface area contributed by atoms with Crippen molar-refractivity contribution in [3.63, 3.8) is 0 Å². The summed E-state index contributed by atoms with van der Waals surface area (Å²) in [4.78, 5) is 38.9. The van der Waals surface area contributed by atoms with Gasteiger partial charge in [0.05, 0.1) is 6.54 Å². The molecule has 0 aliphatic rings. The Balaban J connectivity index is 0. The number of aliphatic carboxylic acids is 1. The van der Waals surface area contributed by atoms with E-state index >= 15 is 0 Å². The van der Waals surface area contributed by atoms with Crippen molar-refractivity contribution in [3.8, 4) is 0 Å². The van der Waals surface area contributed by atoms with Gasteiger partial charge in [0.1, 0.15) is 12.1 Å². The summed E-state index contributed by atoms with van der Waals surface area (Å²) in [5.74, 6) is -2.32. The zero-order valence-electron chi connectivity index (χ0n) is 14.5. The van der Waals surface area contributed by atoms with E-state index in [4.69, 9.17) is 22.9 Å². The van der Waals surface area contributed by atoms with Crippen LogP contribution in [0.5, 0.6) is 0 Å². The Bertz CT molecular complexity index is 472. The Kier molecular flexibility index (Phi) is 15.6. The minimum Gasteiger partial charge on any atom is -0.480 e. The Morgan fingerprint density at radius 2 is 1.58 bits per heavy atom. The number of carbonyl (C=O) groups excluding carboxylic acids is 2. The van der Waals surface area contributed by atoms with Crippen LogP contribution in [0.1, 0.15) is 32.1 Å². The number of carboxylic acid groups (broad SMARTS) is 1. The summed E-state index contributed by atoms with van der Waals surface area (Å²) >= 11 is 0. The van der Waals surface area contributed by atoms with E-state index in [9.17, 15) is 19.5 Å². The number of carboxylic acids is 1. The van der Waals surface area contributed by atoms with Gasteiger partial charge in [-0.2, -0.15) is 0 Å². The maximum absolute atomic E-state index is 12.3. The third-order valence-corrected chi connectivity index (χ3v) is 3.34. The summed E-state index contributed by atoms with van der Waals surface area (Å²) in [5.41, 5.74) is 21.1. The SMILES string of the molecule is NCCCC[C@H](NC(=O)[C@H](CCCN=C(N)N)NC(=O)CN)C(=O)O.[Cu]. The molecular weight excluding hydrogens is 394 g/mol. The Morgan fingerprint density at radius 1 is 0.962 bits per heavy atom. The predicted molar refractivity (Wildman–Crippen MR) is 93.4 cm³/mol. The molecule has 11 N–H and O–H groups in total. The topological polar surface area (TPSA) is 212 Å². The van der Waals surface area contributed by atoms with E-state index in [0.29, 0.717) is 25.8 Å². The Morgan fingerprint density at radius 3 is 2.08 bits per heavy atom. The molecule has 26 heavy (non-hydrogen) atoms. The van der Waals surface area contributed by atoms with E-state index in [1.165, 1.54) is 0 Å². The zero-order valence-corrected chi connectivity index (χ0v) is 15.5. The quantitative estimate of drug-likeness (QED) is 0.0709. The molecule has 0 aliphatic heterocycles. The Labute approximate surface area is 163 Å². The molecule has 0 heterocycles.